The second kappa shape index (κ2) is 4.92. The summed E-state index contributed by atoms with van der Waals surface area (Å²) in [6, 6.07) is 21.8. The maximum absolute atomic E-state index is 13.1. The van der Waals surface area contributed by atoms with E-state index in [1.54, 1.807) is 12.1 Å². The maximum atomic E-state index is 13.1. The molecule has 3 aromatic rings. The standard InChI is InChI=1S/C20H13FO/c21-14-11-9-13(10-12-14)20(22)19-17-7-3-1-5-15(17)16-6-2-4-8-18(16)19/h1-12,19H. The Morgan fingerprint density at radius 2 is 1.23 bits per heavy atom. The van der Waals surface area contributed by atoms with E-state index in [2.05, 4.69) is 0 Å². The Labute approximate surface area is 128 Å². The van der Waals surface area contributed by atoms with Gasteiger partial charge in [0.1, 0.15) is 5.82 Å². The molecule has 0 aliphatic heterocycles. The van der Waals surface area contributed by atoms with Gasteiger partial charge in [0, 0.05) is 5.56 Å². The van der Waals surface area contributed by atoms with E-state index in [9.17, 15) is 9.18 Å². The monoisotopic (exact) mass is 288 g/mol. The van der Waals surface area contributed by atoms with Gasteiger partial charge in [-0.3, -0.25) is 4.79 Å². The molecule has 0 bridgehead atoms. The Balaban J connectivity index is 1.88. The predicted molar refractivity (Wildman–Crippen MR) is 84.5 cm³/mol. The van der Waals surface area contributed by atoms with Crippen LogP contribution in [0.25, 0.3) is 11.1 Å². The highest BCUT2D eigenvalue weighted by atomic mass is 19.1. The van der Waals surface area contributed by atoms with Crippen LogP contribution < -0.4 is 0 Å². The number of hydrogen-bond acceptors (Lipinski definition) is 1. The van der Waals surface area contributed by atoms with Gasteiger partial charge in [-0.25, -0.2) is 4.39 Å². The first kappa shape index (κ1) is 13.0. The lowest BCUT2D eigenvalue weighted by Gasteiger charge is -2.12. The molecule has 3 aromatic carbocycles. The van der Waals surface area contributed by atoms with Crippen molar-refractivity contribution in [3.8, 4) is 11.1 Å². The van der Waals surface area contributed by atoms with Gasteiger partial charge in [0.2, 0.25) is 0 Å². The molecule has 0 atom stereocenters. The van der Waals surface area contributed by atoms with Gasteiger partial charge in [-0.05, 0) is 46.5 Å². The molecule has 1 nitrogen and oxygen atoms in total. The molecule has 0 saturated heterocycles. The SMILES string of the molecule is O=C(c1ccc(F)cc1)C1c2ccccc2-c2ccccc21. The fourth-order valence-corrected chi connectivity index (χ4v) is 3.22. The minimum Gasteiger partial charge on any atom is -0.293 e. The van der Waals surface area contributed by atoms with Crippen molar-refractivity contribution >= 4 is 5.78 Å². The van der Waals surface area contributed by atoms with Gasteiger partial charge < -0.3 is 0 Å². The Hall–Kier alpha value is -2.74. The highest BCUT2D eigenvalue weighted by Gasteiger charge is 2.33. The number of carbonyl (C=O) groups excluding carboxylic acids is 1. The molecule has 2 heteroatoms. The van der Waals surface area contributed by atoms with Crippen molar-refractivity contribution in [2.45, 2.75) is 5.92 Å². The summed E-state index contributed by atoms with van der Waals surface area (Å²) in [5.41, 5.74) is 4.81. The number of carbonyl (C=O) groups is 1. The van der Waals surface area contributed by atoms with Crippen LogP contribution in [-0.2, 0) is 0 Å². The first-order valence-electron chi connectivity index (χ1n) is 7.24. The molecule has 0 radical (unpaired) electrons. The summed E-state index contributed by atoms with van der Waals surface area (Å²) in [7, 11) is 0. The van der Waals surface area contributed by atoms with E-state index in [-0.39, 0.29) is 17.5 Å². The molecule has 1 aliphatic rings. The number of hydrogen-bond donors (Lipinski definition) is 0. The lowest BCUT2D eigenvalue weighted by molar-refractivity contribution is 0.0975. The van der Waals surface area contributed by atoms with E-state index >= 15 is 0 Å². The summed E-state index contributed by atoms with van der Waals surface area (Å²) >= 11 is 0. The third-order valence-corrected chi connectivity index (χ3v) is 4.22. The molecule has 0 aromatic heterocycles. The molecule has 0 spiro atoms. The van der Waals surface area contributed by atoms with E-state index in [0.29, 0.717) is 5.56 Å². The Kier molecular flexibility index (Phi) is 2.90. The van der Waals surface area contributed by atoms with Crippen LogP contribution in [0.1, 0.15) is 27.4 Å². The van der Waals surface area contributed by atoms with Crippen LogP contribution >= 0.6 is 0 Å². The average Bonchev–Trinajstić information content (AvgIpc) is 2.89. The minimum atomic E-state index is -0.330. The van der Waals surface area contributed by atoms with Crippen molar-refractivity contribution in [3.63, 3.8) is 0 Å². The third-order valence-electron chi connectivity index (χ3n) is 4.22. The fourth-order valence-electron chi connectivity index (χ4n) is 3.22. The van der Waals surface area contributed by atoms with Gasteiger partial charge >= 0.3 is 0 Å². The van der Waals surface area contributed by atoms with Crippen LogP contribution in [0.4, 0.5) is 4.39 Å². The Bertz CT molecular complexity index is 819. The molecule has 0 fully saturated rings. The Morgan fingerprint density at radius 1 is 0.727 bits per heavy atom. The topological polar surface area (TPSA) is 17.1 Å². The molecule has 1 aliphatic carbocycles. The van der Waals surface area contributed by atoms with Gasteiger partial charge in [-0.1, -0.05) is 48.5 Å². The molecule has 0 unspecified atom stereocenters. The lowest BCUT2D eigenvalue weighted by atomic mass is 9.89. The Morgan fingerprint density at radius 3 is 1.77 bits per heavy atom. The van der Waals surface area contributed by atoms with Crippen molar-refractivity contribution < 1.29 is 9.18 Å². The van der Waals surface area contributed by atoms with E-state index in [0.717, 1.165) is 22.3 Å². The summed E-state index contributed by atoms with van der Waals surface area (Å²) in [6.07, 6.45) is 0. The average molecular weight is 288 g/mol. The first-order valence-corrected chi connectivity index (χ1v) is 7.24. The molecule has 22 heavy (non-hydrogen) atoms. The van der Waals surface area contributed by atoms with Crippen LogP contribution in [-0.4, -0.2) is 5.78 Å². The van der Waals surface area contributed by atoms with Crippen molar-refractivity contribution in [2.24, 2.45) is 0 Å². The lowest BCUT2D eigenvalue weighted by Crippen LogP contribution is -2.12. The smallest absolute Gasteiger partial charge is 0.174 e. The van der Waals surface area contributed by atoms with Crippen molar-refractivity contribution in [2.75, 3.05) is 0 Å². The summed E-state index contributed by atoms with van der Waals surface area (Å²) in [5.74, 6) is -0.626. The zero-order valence-corrected chi connectivity index (χ0v) is 11.8. The first-order chi connectivity index (χ1) is 10.8. The molecular weight excluding hydrogens is 275 g/mol. The van der Waals surface area contributed by atoms with Gasteiger partial charge in [0.15, 0.2) is 5.78 Å². The van der Waals surface area contributed by atoms with Crippen LogP contribution in [0, 0.1) is 5.82 Å². The second-order valence-corrected chi connectivity index (χ2v) is 5.48. The zero-order chi connectivity index (χ0) is 15.1. The third kappa shape index (κ3) is 1.88. The number of benzene rings is 3. The second-order valence-electron chi connectivity index (χ2n) is 5.48. The number of rotatable bonds is 2. The van der Waals surface area contributed by atoms with E-state index in [4.69, 9.17) is 0 Å². The highest BCUT2D eigenvalue weighted by Crippen LogP contribution is 2.45. The van der Waals surface area contributed by atoms with Crippen LogP contribution in [0.5, 0.6) is 0 Å². The molecule has 106 valence electrons. The van der Waals surface area contributed by atoms with Crippen LogP contribution in [0.3, 0.4) is 0 Å². The maximum Gasteiger partial charge on any atom is 0.174 e. The number of fused-ring (bicyclic) bond motifs is 3. The van der Waals surface area contributed by atoms with Crippen LogP contribution in [0.2, 0.25) is 0 Å². The molecular formula is C20H13FO. The minimum absolute atomic E-state index is 0.0115. The predicted octanol–water partition coefficient (Wildman–Crippen LogP) is 4.82. The van der Waals surface area contributed by atoms with E-state index in [1.807, 2.05) is 48.5 Å². The zero-order valence-electron chi connectivity index (χ0n) is 11.8. The van der Waals surface area contributed by atoms with Gasteiger partial charge in [0.05, 0.1) is 5.92 Å². The summed E-state index contributed by atoms with van der Waals surface area (Å²) in [4.78, 5) is 13.0. The number of Topliss-reactive ketones (excluding diaryl/α,β-unsaturated/α-hetero) is 1. The highest BCUT2D eigenvalue weighted by molar-refractivity contribution is 6.07. The van der Waals surface area contributed by atoms with Crippen molar-refractivity contribution in [3.05, 3.63) is 95.3 Å². The van der Waals surface area contributed by atoms with Gasteiger partial charge in [-0.2, -0.15) is 0 Å². The quantitative estimate of drug-likeness (QED) is 0.618. The molecule has 0 heterocycles. The fraction of sp³-hybridized carbons (Fsp3) is 0.0500. The van der Waals surface area contributed by atoms with E-state index < -0.39 is 0 Å². The van der Waals surface area contributed by atoms with Crippen molar-refractivity contribution in [1.82, 2.24) is 0 Å². The van der Waals surface area contributed by atoms with Gasteiger partial charge in [0.25, 0.3) is 0 Å². The number of ketones is 1. The molecule has 4 rings (SSSR count). The summed E-state index contributed by atoms with van der Waals surface area (Å²) in [6.45, 7) is 0. The molecule has 0 amide bonds. The van der Waals surface area contributed by atoms with E-state index in [1.165, 1.54) is 12.1 Å². The normalized spacial score (nSPS) is 12.8. The molecule has 0 saturated carbocycles. The molecule has 0 N–H and O–H groups in total. The summed E-state index contributed by atoms with van der Waals surface area (Å²) in [5, 5.41) is 0. The summed E-state index contributed by atoms with van der Waals surface area (Å²) < 4.78 is 13.1. The van der Waals surface area contributed by atoms with Gasteiger partial charge in [-0.15, -0.1) is 0 Å². The van der Waals surface area contributed by atoms with Crippen molar-refractivity contribution in [1.29, 1.82) is 0 Å². The number of halogens is 1. The van der Waals surface area contributed by atoms with Crippen LogP contribution in [0.15, 0.2) is 72.8 Å². The largest absolute Gasteiger partial charge is 0.293 e.